The predicted molar refractivity (Wildman–Crippen MR) is 80.3 cm³/mol. The Kier molecular flexibility index (Phi) is 3.85. The number of aromatic nitrogens is 2. The fourth-order valence-electron chi connectivity index (χ4n) is 2.57. The molecular weight excluding hydrogens is 310 g/mol. The summed E-state index contributed by atoms with van der Waals surface area (Å²) in [4.78, 5) is 5.32. The van der Waals surface area contributed by atoms with E-state index in [1.807, 2.05) is 31.4 Å². The van der Waals surface area contributed by atoms with Gasteiger partial charge in [0.25, 0.3) is 0 Å². The Balaban J connectivity index is 1.95. The molecule has 0 saturated carbocycles. The van der Waals surface area contributed by atoms with Crippen molar-refractivity contribution in [3.63, 3.8) is 0 Å². The molecule has 0 radical (unpaired) electrons. The average molecular weight is 327 g/mol. The summed E-state index contributed by atoms with van der Waals surface area (Å²) in [6.45, 7) is 4.45. The van der Waals surface area contributed by atoms with Crippen LogP contribution in [-0.2, 0) is 10.0 Å². The molecule has 2 aromatic heterocycles. The van der Waals surface area contributed by atoms with E-state index >= 15 is 0 Å². The van der Waals surface area contributed by atoms with Crippen molar-refractivity contribution >= 4 is 21.4 Å². The van der Waals surface area contributed by atoms with Gasteiger partial charge in [-0.3, -0.25) is 0 Å². The first-order valence-corrected chi connectivity index (χ1v) is 9.35. The Morgan fingerprint density at radius 2 is 2.24 bits per heavy atom. The van der Waals surface area contributed by atoms with Crippen LogP contribution in [0.2, 0.25) is 0 Å². The third-order valence-corrected chi connectivity index (χ3v) is 6.31. The molecule has 114 valence electrons. The van der Waals surface area contributed by atoms with Gasteiger partial charge in [0.1, 0.15) is 6.04 Å². The highest BCUT2D eigenvalue weighted by Gasteiger charge is 2.39. The van der Waals surface area contributed by atoms with Crippen molar-refractivity contribution in [2.45, 2.75) is 26.3 Å². The first-order chi connectivity index (χ1) is 9.99. The van der Waals surface area contributed by atoms with E-state index in [1.165, 1.54) is 15.6 Å². The normalized spacial score (nSPS) is 20.1. The topological polar surface area (TPSA) is 76.3 Å². The molecule has 0 unspecified atom stereocenters. The largest absolute Gasteiger partial charge is 0.337 e. The second-order valence-corrected chi connectivity index (χ2v) is 8.39. The van der Waals surface area contributed by atoms with Crippen LogP contribution in [0.5, 0.6) is 0 Å². The molecule has 3 rings (SSSR count). The van der Waals surface area contributed by atoms with Crippen LogP contribution < -0.4 is 0 Å². The third-order valence-electron chi connectivity index (χ3n) is 3.52. The molecule has 21 heavy (non-hydrogen) atoms. The number of hydrogen-bond donors (Lipinski definition) is 0. The number of thiophene rings is 1. The van der Waals surface area contributed by atoms with E-state index in [-0.39, 0.29) is 11.7 Å². The highest BCUT2D eigenvalue weighted by Crippen LogP contribution is 2.34. The Hall–Kier alpha value is -1.25. The molecule has 0 aliphatic carbocycles. The van der Waals surface area contributed by atoms with Crippen LogP contribution in [0.3, 0.4) is 0 Å². The first-order valence-electron chi connectivity index (χ1n) is 6.86. The molecule has 1 fully saturated rings. The van der Waals surface area contributed by atoms with Crippen LogP contribution in [0, 0.1) is 5.92 Å². The van der Waals surface area contributed by atoms with E-state index in [9.17, 15) is 8.42 Å². The highest BCUT2D eigenvalue weighted by molar-refractivity contribution is 7.89. The van der Waals surface area contributed by atoms with Crippen molar-refractivity contribution in [2.24, 2.45) is 5.92 Å². The summed E-state index contributed by atoms with van der Waals surface area (Å²) in [6, 6.07) is 3.44. The van der Waals surface area contributed by atoms with Crippen molar-refractivity contribution in [3.05, 3.63) is 23.4 Å². The lowest BCUT2D eigenvalue weighted by Gasteiger charge is -2.26. The first kappa shape index (κ1) is 14.7. The summed E-state index contributed by atoms with van der Waals surface area (Å²) in [5.41, 5.74) is 0. The Bertz CT molecular complexity index is 707. The number of hydrogen-bond acceptors (Lipinski definition) is 6. The minimum Gasteiger partial charge on any atom is -0.337 e. The van der Waals surface area contributed by atoms with Gasteiger partial charge in [0.15, 0.2) is 0 Å². The molecule has 0 bridgehead atoms. The summed E-state index contributed by atoms with van der Waals surface area (Å²) in [5, 5.41) is 5.92. The zero-order valence-corrected chi connectivity index (χ0v) is 13.5. The Morgan fingerprint density at radius 3 is 2.81 bits per heavy atom. The second kappa shape index (κ2) is 5.51. The van der Waals surface area contributed by atoms with Gasteiger partial charge in [-0.25, -0.2) is 8.42 Å². The van der Waals surface area contributed by atoms with E-state index in [2.05, 4.69) is 10.1 Å². The number of nitrogens with zero attached hydrogens (tertiary/aromatic N) is 3. The second-order valence-electron chi connectivity index (χ2n) is 5.40. The molecule has 2 aromatic rings. The molecule has 0 amide bonds. The van der Waals surface area contributed by atoms with Crippen molar-refractivity contribution in [1.82, 2.24) is 14.4 Å². The van der Waals surface area contributed by atoms with Crippen molar-refractivity contribution in [3.8, 4) is 10.7 Å². The minimum absolute atomic E-state index is 0.0644. The molecule has 8 heteroatoms. The van der Waals surface area contributed by atoms with Crippen molar-refractivity contribution < 1.29 is 12.9 Å². The predicted octanol–water partition coefficient (Wildman–Crippen LogP) is 2.53. The lowest BCUT2D eigenvalue weighted by molar-refractivity contribution is 0.214. The standard InChI is InChI=1S/C13H17N3O3S2/c1-9(2)11(16-6-4-8-21(16,17)18)13-14-12(15-19-13)10-5-3-7-20-10/h3,5,7,9,11H,4,6,8H2,1-2H3/t11-/m0/s1. The van der Waals surface area contributed by atoms with Gasteiger partial charge in [0, 0.05) is 6.54 Å². The monoisotopic (exact) mass is 327 g/mol. The Labute approximate surface area is 127 Å². The van der Waals surface area contributed by atoms with Gasteiger partial charge in [0.05, 0.1) is 10.6 Å². The van der Waals surface area contributed by atoms with Gasteiger partial charge in [-0.1, -0.05) is 25.1 Å². The van der Waals surface area contributed by atoms with Crippen LogP contribution in [-0.4, -0.2) is 35.2 Å². The van der Waals surface area contributed by atoms with Gasteiger partial charge in [0.2, 0.25) is 21.7 Å². The summed E-state index contributed by atoms with van der Waals surface area (Å²) in [6.07, 6.45) is 0.650. The maximum Gasteiger partial charge on any atom is 0.245 e. The number of rotatable bonds is 4. The van der Waals surface area contributed by atoms with Crippen LogP contribution >= 0.6 is 11.3 Å². The quantitative estimate of drug-likeness (QED) is 0.862. The fraction of sp³-hybridized carbons (Fsp3) is 0.538. The molecule has 1 saturated heterocycles. The molecule has 1 atom stereocenters. The van der Waals surface area contributed by atoms with Gasteiger partial charge in [-0.2, -0.15) is 9.29 Å². The van der Waals surface area contributed by atoms with Crippen LogP contribution in [0.15, 0.2) is 22.0 Å². The SMILES string of the molecule is CC(C)[C@@H](c1nc(-c2cccs2)no1)N1CCCS1(=O)=O. The summed E-state index contributed by atoms with van der Waals surface area (Å²) in [7, 11) is -3.22. The molecule has 3 heterocycles. The van der Waals surface area contributed by atoms with E-state index in [0.717, 1.165) is 4.88 Å². The summed E-state index contributed by atoms with van der Waals surface area (Å²) >= 11 is 1.52. The van der Waals surface area contributed by atoms with E-state index in [0.29, 0.717) is 24.7 Å². The van der Waals surface area contributed by atoms with Crippen LogP contribution in [0.25, 0.3) is 10.7 Å². The molecule has 0 N–H and O–H groups in total. The molecule has 0 aromatic carbocycles. The molecule has 1 aliphatic heterocycles. The zero-order chi connectivity index (χ0) is 15.0. The van der Waals surface area contributed by atoms with Crippen molar-refractivity contribution in [1.29, 1.82) is 0 Å². The van der Waals surface area contributed by atoms with Gasteiger partial charge >= 0.3 is 0 Å². The van der Waals surface area contributed by atoms with Gasteiger partial charge in [-0.15, -0.1) is 11.3 Å². The van der Waals surface area contributed by atoms with E-state index < -0.39 is 16.1 Å². The summed E-state index contributed by atoms with van der Waals surface area (Å²) in [5.74, 6) is 1.15. The summed E-state index contributed by atoms with van der Waals surface area (Å²) < 4.78 is 31.2. The van der Waals surface area contributed by atoms with Crippen molar-refractivity contribution in [2.75, 3.05) is 12.3 Å². The lowest BCUT2D eigenvalue weighted by atomic mass is 10.0. The molecule has 6 nitrogen and oxygen atoms in total. The van der Waals surface area contributed by atoms with E-state index in [4.69, 9.17) is 4.52 Å². The minimum atomic E-state index is -3.22. The molecule has 0 spiro atoms. The van der Waals surface area contributed by atoms with Gasteiger partial charge < -0.3 is 4.52 Å². The lowest BCUT2D eigenvalue weighted by Crippen LogP contribution is -2.33. The zero-order valence-electron chi connectivity index (χ0n) is 11.9. The third kappa shape index (κ3) is 2.75. The average Bonchev–Trinajstić information content (AvgIpc) is 3.11. The van der Waals surface area contributed by atoms with Crippen LogP contribution in [0.4, 0.5) is 0 Å². The van der Waals surface area contributed by atoms with Crippen LogP contribution in [0.1, 0.15) is 32.2 Å². The maximum atomic E-state index is 12.2. The smallest absolute Gasteiger partial charge is 0.245 e. The number of sulfonamides is 1. The Morgan fingerprint density at radius 1 is 1.43 bits per heavy atom. The molecular formula is C13H17N3O3S2. The van der Waals surface area contributed by atoms with Gasteiger partial charge in [-0.05, 0) is 23.8 Å². The van der Waals surface area contributed by atoms with E-state index in [1.54, 1.807) is 0 Å². The fourth-order valence-corrected chi connectivity index (χ4v) is 5.04. The highest BCUT2D eigenvalue weighted by atomic mass is 32.2. The molecule has 1 aliphatic rings. The maximum absolute atomic E-state index is 12.2.